The highest BCUT2D eigenvalue weighted by atomic mass is 16.5. The summed E-state index contributed by atoms with van der Waals surface area (Å²) in [5.74, 6) is -0.661. The third-order valence-corrected chi connectivity index (χ3v) is 3.77. The van der Waals surface area contributed by atoms with E-state index in [0.29, 0.717) is 17.7 Å². The summed E-state index contributed by atoms with van der Waals surface area (Å²) in [5.41, 5.74) is 1.23. The summed E-state index contributed by atoms with van der Waals surface area (Å²) in [7, 11) is 0. The zero-order valence-corrected chi connectivity index (χ0v) is 12.2. The summed E-state index contributed by atoms with van der Waals surface area (Å²) in [6, 6.07) is 2.49. The van der Waals surface area contributed by atoms with Crippen LogP contribution in [0.25, 0.3) is 0 Å². The second-order valence-electron chi connectivity index (χ2n) is 5.27. The van der Waals surface area contributed by atoms with Crippen LogP contribution in [-0.4, -0.2) is 33.0 Å². The summed E-state index contributed by atoms with van der Waals surface area (Å²) in [6.07, 6.45) is 6.37. The van der Waals surface area contributed by atoms with E-state index >= 15 is 0 Å². The number of carboxylic acid groups (broad SMARTS) is 1. The van der Waals surface area contributed by atoms with Crippen molar-refractivity contribution in [3.05, 3.63) is 47.5 Å². The van der Waals surface area contributed by atoms with Crippen molar-refractivity contribution in [1.82, 2.24) is 9.55 Å². The first-order chi connectivity index (χ1) is 10.6. The quantitative estimate of drug-likeness (QED) is 0.937. The summed E-state index contributed by atoms with van der Waals surface area (Å²) in [4.78, 5) is 28.0. The minimum absolute atomic E-state index is 0.116. The number of benzene rings is 1. The van der Waals surface area contributed by atoms with Crippen molar-refractivity contribution >= 4 is 11.8 Å². The molecule has 2 aromatic rings. The van der Waals surface area contributed by atoms with Gasteiger partial charge in [-0.25, -0.2) is 9.78 Å². The monoisotopic (exact) mass is 300 g/mol. The Morgan fingerprint density at radius 3 is 2.95 bits per heavy atom. The largest absolute Gasteiger partial charge is 0.490 e. The molecule has 1 aliphatic rings. The van der Waals surface area contributed by atoms with Crippen molar-refractivity contribution < 1.29 is 19.4 Å². The fraction of sp³-hybridized carbons (Fsp3) is 0.312. The van der Waals surface area contributed by atoms with Crippen LogP contribution in [0.3, 0.4) is 0 Å². The van der Waals surface area contributed by atoms with Gasteiger partial charge in [0, 0.05) is 12.4 Å². The molecule has 3 rings (SSSR count). The lowest BCUT2D eigenvalue weighted by atomic mass is 9.93. The van der Waals surface area contributed by atoms with Crippen LogP contribution in [0.5, 0.6) is 5.75 Å². The molecule has 22 heavy (non-hydrogen) atoms. The van der Waals surface area contributed by atoms with Crippen LogP contribution in [0.2, 0.25) is 0 Å². The van der Waals surface area contributed by atoms with E-state index in [9.17, 15) is 14.7 Å². The SMILES string of the molecule is CCCc1cc(C(=O)O)cc2c1OCC(n1ccnc1)C2=O. The number of hydrogen-bond donors (Lipinski definition) is 1. The number of aryl methyl sites for hydroxylation is 1. The maximum atomic E-state index is 12.7. The smallest absolute Gasteiger partial charge is 0.335 e. The lowest BCUT2D eigenvalue weighted by Gasteiger charge is -2.27. The van der Waals surface area contributed by atoms with Crippen LogP contribution in [-0.2, 0) is 6.42 Å². The number of ketones is 1. The zero-order chi connectivity index (χ0) is 15.7. The van der Waals surface area contributed by atoms with E-state index in [4.69, 9.17) is 4.74 Å². The molecule has 0 aliphatic carbocycles. The third-order valence-electron chi connectivity index (χ3n) is 3.77. The Labute approximate surface area is 127 Å². The molecule has 0 bridgehead atoms. The third kappa shape index (κ3) is 2.36. The van der Waals surface area contributed by atoms with E-state index < -0.39 is 12.0 Å². The minimum Gasteiger partial charge on any atom is -0.490 e. The number of hydrogen-bond acceptors (Lipinski definition) is 4. The van der Waals surface area contributed by atoms with Crippen LogP contribution in [0.15, 0.2) is 30.9 Å². The van der Waals surface area contributed by atoms with Crippen molar-refractivity contribution in [1.29, 1.82) is 0 Å². The molecule has 1 atom stereocenters. The number of aromatic carboxylic acids is 1. The van der Waals surface area contributed by atoms with Crippen molar-refractivity contribution in [2.24, 2.45) is 0 Å². The van der Waals surface area contributed by atoms with Crippen LogP contribution in [0, 0.1) is 0 Å². The average Bonchev–Trinajstić information content (AvgIpc) is 3.02. The second kappa shape index (κ2) is 5.63. The molecule has 1 aromatic heterocycles. The van der Waals surface area contributed by atoms with Gasteiger partial charge in [-0.2, -0.15) is 0 Å². The molecule has 1 aliphatic heterocycles. The van der Waals surface area contributed by atoms with E-state index in [1.54, 1.807) is 29.4 Å². The lowest BCUT2D eigenvalue weighted by Crippen LogP contribution is -2.30. The van der Waals surface area contributed by atoms with Gasteiger partial charge in [-0.05, 0) is 24.1 Å². The Morgan fingerprint density at radius 2 is 2.32 bits per heavy atom. The fourth-order valence-electron chi connectivity index (χ4n) is 2.71. The van der Waals surface area contributed by atoms with Gasteiger partial charge in [0.25, 0.3) is 0 Å². The number of aromatic nitrogens is 2. The number of imidazole rings is 1. The molecule has 0 spiro atoms. The first kappa shape index (κ1) is 14.3. The number of Topliss-reactive ketones (excluding diaryl/α,β-unsaturated/α-hetero) is 1. The standard InChI is InChI=1S/C16H16N2O4/c1-2-3-10-6-11(16(20)21)7-12-14(19)13(8-22-15(10)12)18-5-4-17-9-18/h4-7,9,13H,2-3,8H2,1H3,(H,20,21). The molecule has 114 valence electrons. The molecule has 2 heterocycles. The van der Waals surface area contributed by atoms with Crippen LogP contribution >= 0.6 is 0 Å². The predicted molar refractivity (Wildman–Crippen MR) is 78.5 cm³/mol. The van der Waals surface area contributed by atoms with Crippen LogP contribution in [0.1, 0.15) is 45.7 Å². The highest BCUT2D eigenvalue weighted by Gasteiger charge is 2.32. The van der Waals surface area contributed by atoms with Gasteiger partial charge in [-0.15, -0.1) is 0 Å². The second-order valence-corrected chi connectivity index (χ2v) is 5.27. The fourth-order valence-corrected chi connectivity index (χ4v) is 2.71. The first-order valence-electron chi connectivity index (χ1n) is 7.16. The molecule has 1 aromatic carbocycles. The predicted octanol–water partition coefficient (Wildman–Crippen LogP) is 2.35. The highest BCUT2D eigenvalue weighted by Crippen LogP contribution is 2.34. The van der Waals surface area contributed by atoms with Gasteiger partial charge in [-0.1, -0.05) is 13.3 Å². The zero-order valence-electron chi connectivity index (χ0n) is 12.2. The van der Waals surface area contributed by atoms with E-state index in [0.717, 1.165) is 12.0 Å². The molecule has 1 N–H and O–H groups in total. The number of carbonyl (C=O) groups is 2. The summed E-state index contributed by atoms with van der Waals surface area (Å²) < 4.78 is 7.47. The topological polar surface area (TPSA) is 81.4 Å². The summed E-state index contributed by atoms with van der Waals surface area (Å²) in [6.45, 7) is 2.23. The number of carboxylic acids is 1. The molecule has 0 saturated carbocycles. The molecule has 6 nitrogen and oxygen atoms in total. The molecular formula is C16H16N2O4. The Balaban J connectivity index is 2.08. The van der Waals surface area contributed by atoms with Gasteiger partial charge in [0.2, 0.25) is 0 Å². The molecule has 0 amide bonds. The maximum absolute atomic E-state index is 12.7. The van der Waals surface area contributed by atoms with Crippen molar-refractivity contribution in [2.75, 3.05) is 6.61 Å². The van der Waals surface area contributed by atoms with Gasteiger partial charge < -0.3 is 14.4 Å². The first-order valence-corrected chi connectivity index (χ1v) is 7.16. The van der Waals surface area contributed by atoms with Gasteiger partial charge in [0.1, 0.15) is 18.4 Å². The molecule has 6 heteroatoms. The number of fused-ring (bicyclic) bond motifs is 1. The average molecular weight is 300 g/mol. The maximum Gasteiger partial charge on any atom is 0.335 e. The molecular weight excluding hydrogens is 284 g/mol. The van der Waals surface area contributed by atoms with Crippen LogP contribution < -0.4 is 4.74 Å². The minimum atomic E-state index is -1.04. The number of nitrogens with zero attached hydrogens (tertiary/aromatic N) is 2. The number of rotatable bonds is 4. The van der Waals surface area contributed by atoms with E-state index in [1.807, 2.05) is 6.92 Å². The normalized spacial score (nSPS) is 17.0. The van der Waals surface area contributed by atoms with Gasteiger partial charge in [0.15, 0.2) is 5.78 Å². The summed E-state index contributed by atoms with van der Waals surface area (Å²) >= 11 is 0. The molecule has 1 unspecified atom stereocenters. The Kier molecular flexibility index (Phi) is 3.66. The van der Waals surface area contributed by atoms with Gasteiger partial charge >= 0.3 is 5.97 Å². The van der Waals surface area contributed by atoms with E-state index in [2.05, 4.69) is 4.98 Å². The number of ether oxygens (including phenoxy) is 1. The lowest BCUT2D eigenvalue weighted by molar-refractivity contribution is 0.0696. The van der Waals surface area contributed by atoms with E-state index in [1.165, 1.54) is 6.07 Å². The van der Waals surface area contributed by atoms with Crippen molar-refractivity contribution in [3.8, 4) is 5.75 Å². The van der Waals surface area contributed by atoms with Crippen molar-refractivity contribution in [3.63, 3.8) is 0 Å². The van der Waals surface area contributed by atoms with Crippen LogP contribution in [0.4, 0.5) is 0 Å². The highest BCUT2D eigenvalue weighted by molar-refractivity contribution is 6.04. The Bertz CT molecular complexity index is 722. The Morgan fingerprint density at radius 1 is 1.50 bits per heavy atom. The van der Waals surface area contributed by atoms with E-state index in [-0.39, 0.29) is 18.0 Å². The number of carbonyl (C=O) groups excluding carboxylic acids is 1. The molecule has 0 radical (unpaired) electrons. The Hall–Kier alpha value is -2.63. The molecule has 0 fully saturated rings. The van der Waals surface area contributed by atoms with Gasteiger partial charge in [-0.3, -0.25) is 4.79 Å². The molecule has 0 saturated heterocycles. The van der Waals surface area contributed by atoms with Crippen molar-refractivity contribution in [2.45, 2.75) is 25.8 Å². The summed E-state index contributed by atoms with van der Waals surface area (Å²) in [5, 5.41) is 9.25. The van der Waals surface area contributed by atoms with Gasteiger partial charge in [0.05, 0.1) is 17.5 Å².